The molecule has 35 heavy (non-hydrogen) atoms. The highest BCUT2D eigenvalue weighted by atomic mass is 79.9. The Balaban J connectivity index is 1.52. The number of carbonyl (C=O) groups excluding carboxylic acids is 2. The van der Waals surface area contributed by atoms with Crippen LogP contribution in [0.4, 0.5) is 5.69 Å². The number of thiocarbonyl (C=S) groups is 1. The maximum atomic E-state index is 12.7. The molecule has 0 aliphatic rings. The fourth-order valence-electron chi connectivity index (χ4n) is 3.24. The first kappa shape index (κ1) is 26.4. The molecule has 0 atom stereocenters. The summed E-state index contributed by atoms with van der Waals surface area (Å²) in [4.78, 5) is 24.9. The van der Waals surface area contributed by atoms with Gasteiger partial charge in [0.2, 0.25) is 0 Å². The smallest absolute Gasteiger partial charge is 0.257 e. The number of halogens is 1. The van der Waals surface area contributed by atoms with Gasteiger partial charge in [0.25, 0.3) is 11.8 Å². The molecular formula is C27H28BrN3O3S. The van der Waals surface area contributed by atoms with Gasteiger partial charge in [-0.2, -0.15) is 0 Å². The van der Waals surface area contributed by atoms with Crippen molar-refractivity contribution >= 4 is 50.8 Å². The topological polar surface area (TPSA) is 79.5 Å². The molecule has 0 unspecified atom stereocenters. The number of ether oxygens (including phenoxy) is 1. The average Bonchev–Trinajstić information content (AvgIpc) is 2.85. The Morgan fingerprint density at radius 2 is 1.71 bits per heavy atom. The van der Waals surface area contributed by atoms with Crippen molar-refractivity contribution in [3.63, 3.8) is 0 Å². The van der Waals surface area contributed by atoms with Crippen molar-refractivity contribution in [3.05, 3.63) is 94.0 Å². The number of hydrogen-bond acceptors (Lipinski definition) is 4. The van der Waals surface area contributed by atoms with Gasteiger partial charge in [0.15, 0.2) is 5.11 Å². The van der Waals surface area contributed by atoms with Gasteiger partial charge in [-0.05, 0) is 76.5 Å². The Morgan fingerprint density at radius 3 is 2.46 bits per heavy atom. The highest BCUT2D eigenvalue weighted by Gasteiger charge is 2.12. The van der Waals surface area contributed by atoms with Crippen molar-refractivity contribution in [2.75, 3.05) is 18.5 Å². The van der Waals surface area contributed by atoms with Crippen LogP contribution in [0.3, 0.4) is 0 Å². The first-order chi connectivity index (χ1) is 17.0. The van der Waals surface area contributed by atoms with Crippen LogP contribution in [0.1, 0.15) is 46.0 Å². The number of carbonyl (C=O) groups is 2. The highest BCUT2D eigenvalue weighted by Crippen LogP contribution is 2.26. The van der Waals surface area contributed by atoms with Crippen LogP contribution >= 0.6 is 28.1 Å². The van der Waals surface area contributed by atoms with E-state index in [0.29, 0.717) is 40.2 Å². The minimum atomic E-state index is -0.354. The number of amides is 2. The van der Waals surface area contributed by atoms with E-state index in [2.05, 4.69) is 50.9 Å². The van der Waals surface area contributed by atoms with Crippen molar-refractivity contribution in [1.82, 2.24) is 10.6 Å². The van der Waals surface area contributed by atoms with Crippen LogP contribution in [-0.4, -0.2) is 30.1 Å². The molecule has 0 saturated carbocycles. The number of nitrogens with one attached hydrogen (secondary N) is 3. The largest absolute Gasteiger partial charge is 0.492 e. The van der Waals surface area contributed by atoms with E-state index in [9.17, 15) is 9.59 Å². The van der Waals surface area contributed by atoms with Gasteiger partial charge in [0, 0.05) is 29.8 Å². The van der Waals surface area contributed by atoms with Crippen LogP contribution in [0.2, 0.25) is 0 Å². The van der Waals surface area contributed by atoms with Crippen molar-refractivity contribution in [1.29, 1.82) is 0 Å². The molecule has 0 radical (unpaired) electrons. The summed E-state index contributed by atoms with van der Waals surface area (Å²) >= 11 is 8.76. The fraction of sp³-hybridized carbons (Fsp3) is 0.222. The lowest BCUT2D eigenvalue weighted by Crippen LogP contribution is -2.34. The summed E-state index contributed by atoms with van der Waals surface area (Å²) in [6, 6.07) is 22.2. The van der Waals surface area contributed by atoms with Crippen molar-refractivity contribution in [2.24, 2.45) is 0 Å². The monoisotopic (exact) mass is 553 g/mol. The van der Waals surface area contributed by atoms with E-state index in [-0.39, 0.29) is 16.9 Å². The molecule has 8 heteroatoms. The molecule has 0 aliphatic carbocycles. The van der Waals surface area contributed by atoms with E-state index in [1.165, 1.54) is 5.56 Å². The van der Waals surface area contributed by atoms with Gasteiger partial charge in [-0.3, -0.25) is 14.9 Å². The summed E-state index contributed by atoms with van der Waals surface area (Å²) in [6.45, 7) is 3.23. The lowest BCUT2D eigenvalue weighted by molar-refractivity contribution is 0.0950. The number of anilines is 1. The van der Waals surface area contributed by atoms with Gasteiger partial charge in [0.05, 0.1) is 11.1 Å². The van der Waals surface area contributed by atoms with E-state index in [1.54, 1.807) is 42.5 Å². The molecule has 0 fully saturated rings. The second-order valence-corrected chi connectivity index (χ2v) is 9.09. The standard InChI is InChI=1S/C27H28BrN3O3S/c1-2-3-15-29-25(32)20-10-7-11-22(17-20)30-27(35)31-26(33)21-12-13-24(23(28)18-21)34-16-14-19-8-5-4-6-9-19/h4-13,17-18H,2-3,14-16H2,1H3,(H,29,32)(H2,30,31,33,35). The molecule has 182 valence electrons. The van der Waals surface area contributed by atoms with Crippen LogP contribution in [-0.2, 0) is 6.42 Å². The number of benzene rings is 3. The molecule has 0 saturated heterocycles. The first-order valence-electron chi connectivity index (χ1n) is 11.4. The van der Waals surface area contributed by atoms with E-state index < -0.39 is 0 Å². The molecule has 0 aromatic heterocycles. The minimum Gasteiger partial charge on any atom is -0.492 e. The molecule has 0 heterocycles. The molecule has 3 N–H and O–H groups in total. The van der Waals surface area contributed by atoms with Crippen LogP contribution in [0, 0.1) is 0 Å². The third-order valence-corrected chi connectivity index (χ3v) is 5.93. The molecule has 3 aromatic rings. The zero-order chi connectivity index (χ0) is 25.0. The number of unbranched alkanes of at least 4 members (excludes halogenated alkanes) is 1. The Labute approximate surface area is 219 Å². The second-order valence-electron chi connectivity index (χ2n) is 7.83. The maximum absolute atomic E-state index is 12.7. The van der Waals surface area contributed by atoms with Gasteiger partial charge in [-0.15, -0.1) is 0 Å². The van der Waals surface area contributed by atoms with Crippen LogP contribution in [0.25, 0.3) is 0 Å². The summed E-state index contributed by atoms with van der Waals surface area (Å²) in [5, 5.41) is 8.64. The first-order valence-corrected chi connectivity index (χ1v) is 12.6. The minimum absolute atomic E-state index is 0.137. The lowest BCUT2D eigenvalue weighted by atomic mass is 10.2. The Morgan fingerprint density at radius 1 is 0.943 bits per heavy atom. The van der Waals surface area contributed by atoms with Crippen molar-refractivity contribution < 1.29 is 14.3 Å². The van der Waals surface area contributed by atoms with Crippen LogP contribution < -0.4 is 20.7 Å². The van der Waals surface area contributed by atoms with Crippen LogP contribution in [0.5, 0.6) is 5.75 Å². The van der Waals surface area contributed by atoms with E-state index in [4.69, 9.17) is 17.0 Å². The van der Waals surface area contributed by atoms with Gasteiger partial charge in [-0.1, -0.05) is 49.7 Å². The van der Waals surface area contributed by atoms with Crippen molar-refractivity contribution in [2.45, 2.75) is 26.2 Å². The summed E-state index contributed by atoms with van der Waals surface area (Å²) in [6.07, 6.45) is 2.73. The zero-order valence-electron chi connectivity index (χ0n) is 19.5. The predicted molar refractivity (Wildman–Crippen MR) is 147 cm³/mol. The molecule has 3 rings (SSSR count). The summed E-state index contributed by atoms with van der Waals surface area (Å²) in [5.41, 5.74) is 2.76. The van der Waals surface area contributed by atoms with Gasteiger partial charge < -0.3 is 15.4 Å². The van der Waals surface area contributed by atoms with Crippen LogP contribution in [0.15, 0.2) is 77.3 Å². The highest BCUT2D eigenvalue weighted by molar-refractivity contribution is 9.10. The zero-order valence-corrected chi connectivity index (χ0v) is 21.9. The molecule has 0 bridgehead atoms. The van der Waals surface area contributed by atoms with Gasteiger partial charge in [-0.25, -0.2) is 0 Å². The van der Waals surface area contributed by atoms with Gasteiger partial charge in [0.1, 0.15) is 5.75 Å². The van der Waals surface area contributed by atoms with Crippen molar-refractivity contribution in [3.8, 4) is 5.75 Å². The van der Waals surface area contributed by atoms with E-state index in [1.807, 2.05) is 18.2 Å². The number of hydrogen-bond donors (Lipinski definition) is 3. The third kappa shape index (κ3) is 8.49. The molecule has 6 nitrogen and oxygen atoms in total. The molecule has 3 aromatic carbocycles. The molecule has 0 aliphatic heterocycles. The average molecular weight is 555 g/mol. The van der Waals surface area contributed by atoms with E-state index in [0.717, 1.165) is 19.3 Å². The normalized spacial score (nSPS) is 10.3. The Kier molecular flexibility index (Phi) is 10.3. The fourth-order valence-corrected chi connectivity index (χ4v) is 3.94. The maximum Gasteiger partial charge on any atom is 0.257 e. The quantitative estimate of drug-likeness (QED) is 0.221. The lowest BCUT2D eigenvalue weighted by Gasteiger charge is -2.12. The second kappa shape index (κ2) is 13.6. The SMILES string of the molecule is CCCCNC(=O)c1cccc(NC(=S)NC(=O)c2ccc(OCCc3ccccc3)c(Br)c2)c1. The predicted octanol–water partition coefficient (Wildman–Crippen LogP) is 5.73. The van der Waals surface area contributed by atoms with E-state index >= 15 is 0 Å². The molecular weight excluding hydrogens is 526 g/mol. The summed E-state index contributed by atoms with van der Waals surface area (Å²) < 4.78 is 6.53. The Hall–Kier alpha value is -3.23. The summed E-state index contributed by atoms with van der Waals surface area (Å²) in [7, 11) is 0. The molecule has 0 spiro atoms. The Bertz CT molecular complexity index is 1170. The third-order valence-electron chi connectivity index (χ3n) is 5.11. The molecule has 2 amide bonds. The number of rotatable bonds is 10. The summed E-state index contributed by atoms with van der Waals surface area (Å²) in [5.74, 6) is 0.160. The van der Waals surface area contributed by atoms with Gasteiger partial charge >= 0.3 is 0 Å².